The number of nitrogens with zero attached hydrogens (tertiary/aromatic N) is 2. The molecule has 4 rings (SSSR count). The van der Waals surface area contributed by atoms with E-state index in [1.807, 2.05) is 36.6 Å². The Morgan fingerprint density at radius 2 is 1.61 bits per heavy atom. The van der Waals surface area contributed by atoms with E-state index in [1.54, 1.807) is 24.3 Å². The van der Waals surface area contributed by atoms with E-state index in [9.17, 15) is 14.4 Å². The molecule has 1 aliphatic heterocycles. The fraction of sp³-hybridized carbons (Fsp3) is 0.143. The zero-order valence-electron chi connectivity index (χ0n) is 15.1. The predicted octanol–water partition coefficient (Wildman–Crippen LogP) is 3.03. The van der Waals surface area contributed by atoms with Crippen LogP contribution in [0.4, 0.5) is 0 Å². The molecule has 0 fully saturated rings. The quantitative estimate of drug-likeness (QED) is 0.678. The molecule has 0 atom stereocenters. The molecule has 0 bridgehead atoms. The lowest BCUT2D eigenvalue weighted by Crippen LogP contribution is -2.40. The molecule has 2 aromatic carbocycles. The molecule has 0 radical (unpaired) electrons. The minimum absolute atomic E-state index is 0.240. The number of aromatic nitrogens is 1. The Hall–Kier alpha value is -3.32. The standard InChI is InChI=1S/C21H17N3O3S/c1-13-6-2-3-7-15(13)19-23-14(12-28-19)10-22-18(25)11-24-20(26)16-8-4-5-9-17(16)21(24)27/h2-9,12H,10-11H2,1H3,(H,22,25). The molecule has 2 heterocycles. The van der Waals surface area contributed by atoms with E-state index < -0.39 is 17.7 Å². The number of hydrogen-bond acceptors (Lipinski definition) is 5. The first-order valence-corrected chi connectivity index (χ1v) is 9.65. The third-order valence-electron chi connectivity index (χ3n) is 4.57. The highest BCUT2D eigenvalue weighted by Gasteiger charge is 2.36. The Labute approximate surface area is 165 Å². The molecule has 0 aliphatic carbocycles. The van der Waals surface area contributed by atoms with E-state index in [0.717, 1.165) is 26.7 Å². The number of hydrogen-bond donors (Lipinski definition) is 1. The van der Waals surface area contributed by atoms with Gasteiger partial charge in [-0.3, -0.25) is 19.3 Å². The van der Waals surface area contributed by atoms with Gasteiger partial charge in [0.2, 0.25) is 5.91 Å². The maximum absolute atomic E-state index is 12.3. The third-order valence-corrected chi connectivity index (χ3v) is 5.50. The number of thiazole rings is 1. The first-order valence-electron chi connectivity index (χ1n) is 8.77. The van der Waals surface area contributed by atoms with Crippen LogP contribution in [0.25, 0.3) is 10.6 Å². The maximum Gasteiger partial charge on any atom is 0.262 e. The molecule has 1 N–H and O–H groups in total. The molecule has 1 aliphatic rings. The Balaban J connectivity index is 1.38. The third kappa shape index (κ3) is 3.32. The van der Waals surface area contributed by atoms with Gasteiger partial charge in [0, 0.05) is 10.9 Å². The van der Waals surface area contributed by atoms with Crippen molar-refractivity contribution in [3.8, 4) is 10.6 Å². The van der Waals surface area contributed by atoms with Crippen LogP contribution >= 0.6 is 11.3 Å². The van der Waals surface area contributed by atoms with E-state index in [0.29, 0.717) is 11.1 Å². The van der Waals surface area contributed by atoms with Crippen molar-refractivity contribution in [2.24, 2.45) is 0 Å². The highest BCUT2D eigenvalue weighted by atomic mass is 32.1. The molecule has 28 heavy (non-hydrogen) atoms. The lowest BCUT2D eigenvalue weighted by atomic mass is 10.1. The van der Waals surface area contributed by atoms with Gasteiger partial charge in [0.05, 0.1) is 23.4 Å². The van der Waals surface area contributed by atoms with Gasteiger partial charge in [0.25, 0.3) is 11.8 Å². The molecule has 0 unspecified atom stereocenters. The second-order valence-corrected chi connectivity index (χ2v) is 7.34. The van der Waals surface area contributed by atoms with Gasteiger partial charge >= 0.3 is 0 Å². The number of amides is 3. The van der Waals surface area contributed by atoms with Crippen molar-refractivity contribution in [1.82, 2.24) is 15.2 Å². The van der Waals surface area contributed by atoms with Crippen LogP contribution in [0.5, 0.6) is 0 Å². The summed E-state index contributed by atoms with van der Waals surface area (Å²) in [6, 6.07) is 14.6. The van der Waals surface area contributed by atoms with Crippen molar-refractivity contribution < 1.29 is 14.4 Å². The van der Waals surface area contributed by atoms with Crippen molar-refractivity contribution in [2.45, 2.75) is 13.5 Å². The average Bonchev–Trinajstić information content (AvgIpc) is 3.26. The molecule has 1 aromatic heterocycles. The van der Waals surface area contributed by atoms with E-state index in [-0.39, 0.29) is 13.1 Å². The SMILES string of the molecule is Cc1ccccc1-c1nc(CNC(=O)CN2C(=O)c3ccccc3C2=O)cs1. The van der Waals surface area contributed by atoms with Crippen LogP contribution < -0.4 is 5.32 Å². The topological polar surface area (TPSA) is 79.4 Å². The molecular formula is C21H17N3O3S. The molecule has 0 saturated heterocycles. The van der Waals surface area contributed by atoms with Gasteiger partial charge in [-0.2, -0.15) is 0 Å². The van der Waals surface area contributed by atoms with Crippen LogP contribution in [0.15, 0.2) is 53.9 Å². The molecule has 3 amide bonds. The summed E-state index contributed by atoms with van der Waals surface area (Å²) < 4.78 is 0. The molecule has 0 spiro atoms. The first kappa shape index (κ1) is 18.1. The summed E-state index contributed by atoms with van der Waals surface area (Å²) >= 11 is 1.51. The lowest BCUT2D eigenvalue weighted by Gasteiger charge is -2.13. The van der Waals surface area contributed by atoms with Gasteiger partial charge in [-0.15, -0.1) is 11.3 Å². The first-order chi connectivity index (χ1) is 13.5. The van der Waals surface area contributed by atoms with Crippen molar-refractivity contribution in [3.05, 3.63) is 76.3 Å². The van der Waals surface area contributed by atoms with Gasteiger partial charge in [0.1, 0.15) is 11.6 Å². The van der Waals surface area contributed by atoms with E-state index in [1.165, 1.54) is 11.3 Å². The van der Waals surface area contributed by atoms with Gasteiger partial charge < -0.3 is 5.32 Å². The van der Waals surface area contributed by atoms with Gasteiger partial charge in [0.15, 0.2) is 0 Å². The minimum Gasteiger partial charge on any atom is -0.349 e. The molecule has 140 valence electrons. The largest absolute Gasteiger partial charge is 0.349 e. The number of fused-ring (bicyclic) bond motifs is 1. The summed E-state index contributed by atoms with van der Waals surface area (Å²) in [5, 5.41) is 5.52. The van der Waals surface area contributed by atoms with Crippen LogP contribution in [0.1, 0.15) is 32.0 Å². The lowest BCUT2D eigenvalue weighted by molar-refractivity contribution is -0.121. The van der Waals surface area contributed by atoms with Crippen molar-refractivity contribution in [3.63, 3.8) is 0 Å². The second kappa shape index (κ2) is 7.36. The molecule has 6 nitrogen and oxygen atoms in total. The van der Waals surface area contributed by atoms with E-state index in [2.05, 4.69) is 10.3 Å². The van der Waals surface area contributed by atoms with Crippen LogP contribution in [0.2, 0.25) is 0 Å². The fourth-order valence-corrected chi connectivity index (χ4v) is 4.01. The number of aryl methyl sites for hydroxylation is 1. The number of carbonyl (C=O) groups excluding carboxylic acids is 3. The fourth-order valence-electron chi connectivity index (χ4n) is 3.10. The number of benzene rings is 2. The highest BCUT2D eigenvalue weighted by molar-refractivity contribution is 7.13. The number of imide groups is 1. The summed E-state index contributed by atoms with van der Waals surface area (Å²) in [6.07, 6.45) is 0. The molecule has 7 heteroatoms. The Morgan fingerprint density at radius 1 is 1.00 bits per heavy atom. The number of rotatable bonds is 5. The van der Waals surface area contributed by atoms with Crippen LogP contribution in [0, 0.1) is 6.92 Å². The normalized spacial score (nSPS) is 13.0. The van der Waals surface area contributed by atoms with Gasteiger partial charge in [-0.25, -0.2) is 4.98 Å². The minimum atomic E-state index is -0.439. The summed E-state index contributed by atoms with van der Waals surface area (Å²) in [6.45, 7) is 1.96. The van der Waals surface area contributed by atoms with Gasteiger partial charge in [-0.05, 0) is 24.6 Å². The monoisotopic (exact) mass is 391 g/mol. The average molecular weight is 391 g/mol. The summed E-state index contributed by atoms with van der Waals surface area (Å²) in [5.41, 5.74) is 3.61. The molecule has 0 saturated carbocycles. The van der Waals surface area contributed by atoms with Crippen LogP contribution in [-0.2, 0) is 11.3 Å². The zero-order chi connectivity index (χ0) is 19.7. The Morgan fingerprint density at radius 3 is 2.25 bits per heavy atom. The summed E-state index contributed by atoms with van der Waals surface area (Å²) in [5.74, 6) is -1.28. The number of nitrogens with one attached hydrogen (secondary N) is 1. The summed E-state index contributed by atoms with van der Waals surface area (Å²) in [7, 11) is 0. The van der Waals surface area contributed by atoms with Crippen LogP contribution in [0.3, 0.4) is 0 Å². The van der Waals surface area contributed by atoms with E-state index in [4.69, 9.17) is 0 Å². The maximum atomic E-state index is 12.3. The summed E-state index contributed by atoms with van der Waals surface area (Å²) in [4.78, 5) is 42.4. The second-order valence-electron chi connectivity index (χ2n) is 6.48. The Kier molecular flexibility index (Phi) is 4.75. The Bertz CT molecular complexity index is 1050. The van der Waals surface area contributed by atoms with Crippen molar-refractivity contribution in [2.75, 3.05) is 6.54 Å². The molecular weight excluding hydrogens is 374 g/mol. The smallest absolute Gasteiger partial charge is 0.262 e. The van der Waals surface area contributed by atoms with Crippen LogP contribution in [-0.4, -0.2) is 34.2 Å². The van der Waals surface area contributed by atoms with Gasteiger partial charge in [-0.1, -0.05) is 36.4 Å². The molecule has 3 aromatic rings. The highest BCUT2D eigenvalue weighted by Crippen LogP contribution is 2.26. The van der Waals surface area contributed by atoms with E-state index >= 15 is 0 Å². The number of carbonyl (C=O) groups is 3. The van der Waals surface area contributed by atoms with Crippen molar-refractivity contribution in [1.29, 1.82) is 0 Å². The zero-order valence-corrected chi connectivity index (χ0v) is 16.0. The van der Waals surface area contributed by atoms with Crippen molar-refractivity contribution >= 4 is 29.1 Å². The predicted molar refractivity (Wildman–Crippen MR) is 106 cm³/mol.